The Morgan fingerprint density at radius 2 is 1.65 bits per heavy atom. The molecule has 0 saturated heterocycles. The molecular formula is C25H20FN3O4S. The van der Waals surface area contributed by atoms with Gasteiger partial charge in [-0.25, -0.2) is 9.37 Å². The summed E-state index contributed by atoms with van der Waals surface area (Å²) in [6, 6.07) is 20.0. The Labute approximate surface area is 199 Å². The Balaban J connectivity index is 1.36. The summed E-state index contributed by atoms with van der Waals surface area (Å²) in [4.78, 5) is 29.4. The van der Waals surface area contributed by atoms with Crippen LogP contribution < -0.4 is 20.1 Å². The number of carbonyl (C=O) groups is 2. The van der Waals surface area contributed by atoms with Crippen LogP contribution in [0.15, 0.2) is 79.0 Å². The van der Waals surface area contributed by atoms with Gasteiger partial charge in [0.2, 0.25) is 0 Å². The molecule has 9 heteroatoms. The molecule has 34 heavy (non-hydrogen) atoms. The SMILES string of the molecule is COc1ccccc1OCC(=O)Nc1cccc(NC(=O)c2cnc(-c3ccccc3F)s2)c1. The van der Waals surface area contributed by atoms with E-state index >= 15 is 0 Å². The number of rotatable bonds is 8. The second-order valence-electron chi connectivity index (χ2n) is 7.03. The lowest BCUT2D eigenvalue weighted by molar-refractivity contribution is -0.118. The predicted octanol–water partition coefficient (Wildman–Crippen LogP) is 5.23. The van der Waals surface area contributed by atoms with E-state index in [0.717, 1.165) is 11.3 Å². The maximum atomic E-state index is 14.0. The Bertz CT molecular complexity index is 1320. The van der Waals surface area contributed by atoms with Gasteiger partial charge in [0.05, 0.1) is 13.3 Å². The van der Waals surface area contributed by atoms with E-state index in [9.17, 15) is 14.0 Å². The fraction of sp³-hybridized carbons (Fsp3) is 0.0800. The van der Waals surface area contributed by atoms with Crippen LogP contribution in [0.5, 0.6) is 11.5 Å². The average Bonchev–Trinajstić information content (AvgIpc) is 3.34. The second kappa shape index (κ2) is 10.6. The monoisotopic (exact) mass is 477 g/mol. The first kappa shape index (κ1) is 22.9. The van der Waals surface area contributed by atoms with Gasteiger partial charge < -0.3 is 20.1 Å². The molecule has 7 nitrogen and oxygen atoms in total. The van der Waals surface area contributed by atoms with Crippen LogP contribution in [0, 0.1) is 5.82 Å². The fourth-order valence-electron chi connectivity index (χ4n) is 3.08. The summed E-state index contributed by atoms with van der Waals surface area (Å²) in [6.45, 7) is -0.212. The van der Waals surface area contributed by atoms with E-state index in [1.807, 2.05) is 0 Å². The molecule has 1 heterocycles. The molecule has 0 atom stereocenters. The Morgan fingerprint density at radius 1 is 0.941 bits per heavy atom. The Hall–Kier alpha value is -4.24. The van der Waals surface area contributed by atoms with Crippen molar-refractivity contribution in [1.29, 1.82) is 0 Å². The van der Waals surface area contributed by atoms with E-state index in [-0.39, 0.29) is 18.4 Å². The van der Waals surface area contributed by atoms with Crippen molar-refractivity contribution >= 4 is 34.5 Å². The third kappa shape index (κ3) is 5.57. The van der Waals surface area contributed by atoms with Gasteiger partial charge in [0.1, 0.15) is 15.7 Å². The zero-order valence-electron chi connectivity index (χ0n) is 18.1. The molecule has 0 aliphatic heterocycles. The number of benzene rings is 3. The molecule has 3 aromatic carbocycles. The molecule has 172 valence electrons. The number of aromatic nitrogens is 1. The fourth-order valence-corrected chi connectivity index (χ4v) is 3.92. The molecule has 4 aromatic rings. The van der Waals surface area contributed by atoms with Gasteiger partial charge in [-0.3, -0.25) is 9.59 Å². The number of halogens is 1. The zero-order valence-corrected chi connectivity index (χ0v) is 18.9. The van der Waals surface area contributed by atoms with Gasteiger partial charge in [0, 0.05) is 16.9 Å². The van der Waals surface area contributed by atoms with Crippen LogP contribution in [0.1, 0.15) is 9.67 Å². The highest BCUT2D eigenvalue weighted by atomic mass is 32.1. The molecule has 0 spiro atoms. The minimum Gasteiger partial charge on any atom is -0.493 e. The summed E-state index contributed by atoms with van der Waals surface area (Å²) in [5, 5.41) is 5.91. The lowest BCUT2D eigenvalue weighted by Crippen LogP contribution is -2.20. The highest BCUT2D eigenvalue weighted by Crippen LogP contribution is 2.28. The van der Waals surface area contributed by atoms with E-state index in [1.165, 1.54) is 19.4 Å². The molecular weight excluding hydrogens is 457 g/mol. The van der Waals surface area contributed by atoms with Crippen molar-refractivity contribution in [3.63, 3.8) is 0 Å². The highest BCUT2D eigenvalue weighted by Gasteiger charge is 2.15. The predicted molar refractivity (Wildman–Crippen MR) is 129 cm³/mol. The number of hydrogen-bond acceptors (Lipinski definition) is 6. The Kier molecular flexibility index (Phi) is 7.14. The van der Waals surface area contributed by atoms with Gasteiger partial charge in [0.15, 0.2) is 18.1 Å². The van der Waals surface area contributed by atoms with Crippen LogP contribution in [0.2, 0.25) is 0 Å². The summed E-state index contributed by atoms with van der Waals surface area (Å²) in [6.07, 6.45) is 1.41. The van der Waals surface area contributed by atoms with Crippen molar-refractivity contribution < 1.29 is 23.5 Å². The van der Waals surface area contributed by atoms with Gasteiger partial charge in [0.25, 0.3) is 11.8 Å². The van der Waals surface area contributed by atoms with Crippen LogP contribution in [0.25, 0.3) is 10.6 Å². The molecule has 4 rings (SSSR count). The van der Waals surface area contributed by atoms with E-state index < -0.39 is 5.82 Å². The number of amides is 2. The molecule has 0 saturated carbocycles. The summed E-state index contributed by atoms with van der Waals surface area (Å²) in [5.41, 5.74) is 1.31. The van der Waals surface area contributed by atoms with Crippen molar-refractivity contribution in [1.82, 2.24) is 4.98 Å². The lowest BCUT2D eigenvalue weighted by atomic mass is 10.2. The molecule has 0 unspecified atom stereocenters. The topological polar surface area (TPSA) is 89.5 Å². The number of ether oxygens (including phenoxy) is 2. The van der Waals surface area contributed by atoms with Gasteiger partial charge in [-0.2, -0.15) is 0 Å². The van der Waals surface area contributed by atoms with Gasteiger partial charge >= 0.3 is 0 Å². The van der Waals surface area contributed by atoms with E-state index in [0.29, 0.717) is 38.3 Å². The summed E-state index contributed by atoms with van der Waals surface area (Å²) in [7, 11) is 1.52. The Morgan fingerprint density at radius 3 is 2.41 bits per heavy atom. The normalized spacial score (nSPS) is 10.4. The maximum absolute atomic E-state index is 14.0. The number of methoxy groups -OCH3 is 1. The first-order valence-corrected chi connectivity index (χ1v) is 11.0. The number of nitrogens with zero attached hydrogens (tertiary/aromatic N) is 1. The molecule has 2 amide bonds. The maximum Gasteiger partial charge on any atom is 0.267 e. The number of hydrogen-bond donors (Lipinski definition) is 2. The minimum absolute atomic E-state index is 0.212. The highest BCUT2D eigenvalue weighted by molar-refractivity contribution is 7.17. The molecule has 0 aliphatic carbocycles. The molecule has 2 N–H and O–H groups in total. The number of carbonyl (C=O) groups excluding carboxylic acids is 2. The van der Waals surface area contributed by atoms with Crippen LogP contribution in [0.3, 0.4) is 0 Å². The largest absolute Gasteiger partial charge is 0.493 e. The van der Waals surface area contributed by atoms with Gasteiger partial charge in [-0.1, -0.05) is 30.3 Å². The van der Waals surface area contributed by atoms with E-state index in [2.05, 4.69) is 15.6 Å². The smallest absolute Gasteiger partial charge is 0.267 e. The first-order chi connectivity index (χ1) is 16.5. The van der Waals surface area contributed by atoms with E-state index in [1.54, 1.807) is 66.7 Å². The van der Waals surface area contributed by atoms with Crippen LogP contribution in [-0.2, 0) is 4.79 Å². The van der Waals surface area contributed by atoms with Gasteiger partial charge in [-0.15, -0.1) is 11.3 Å². The van der Waals surface area contributed by atoms with Gasteiger partial charge in [-0.05, 0) is 42.5 Å². The van der Waals surface area contributed by atoms with Crippen LogP contribution >= 0.6 is 11.3 Å². The average molecular weight is 478 g/mol. The standard InChI is InChI=1S/C25H20FN3O4S/c1-32-20-11-4-5-12-21(20)33-15-23(30)28-16-7-6-8-17(13-16)29-24(31)22-14-27-25(34-22)18-9-2-3-10-19(18)26/h2-14H,15H2,1H3,(H,28,30)(H,29,31). The second-order valence-corrected chi connectivity index (χ2v) is 8.06. The van der Waals surface area contributed by atoms with Crippen molar-refractivity contribution in [2.75, 3.05) is 24.4 Å². The third-order valence-corrected chi connectivity index (χ3v) is 5.70. The molecule has 0 radical (unpaired) electrons. The van der Waals surface area contributed by atoms with E-state index in [4.69, 9.17) is 9.47 Å². The molecule has 0 aliphatic rings. The number of anilines is 2. The first-order valence-electron chi connectivity index (χ1n) is 10.2. The minimum atomic E-state index is -0.401. The number of nitrogens with one attached hydrogen (secondary N) is 2. The summed E-state index contributed by atoms with van der Waals surface area (Å²) < 4.78 is 24.7. The lowest BCUT2D eigenvalue weighted by Gasteiger charge is -2.11. The van der Waals surface area contributed by atoms with Crippen molar-refractivity contribution in [3.8, 4) is 22.1 Å². The number of thiazole rings is 1. The molecule has 0 fully saturated rings. The zero-order chi connectivity index (χ0) is 23.9. The van der Waals surface area contributed by atoms with Crippen molar-refractivity contribution in [3.05, 3.63) is 89.7 Å². The van der Waals surface area contributed by atoms with Crippen LogP contribution in [-0.4, -0.2) is 30.5 Å². The molecule has 0 bridgehead atoms. The summed E-state index contributed by atoms with van der Waals surface area (Å²) >= 11 is 1.09. The summed E-state index contributed by atoms with van der Waals surface area (Å²) in [5.74, 6) is -0.168. The van der Waals surface area contributed by atoms with Crippen LogP contribution in [0.4, 0.5) is 15.8 Å². The van der Waals surface area contributed by atoms with Crippen molar-refractivity contribution in [2.45, 2.75) is 0 Å². The third-order valence-electron chi connectivity index (χ3n) is 4.67. The molecule has 1 aromatic heterocycles. The van der Waals surface area contributed by atoms with Crippen molar-refractivity contribution in [2.24, 2.45) is 0 Å². The number of para-hydroxylation sites is 2. The quantitative estimate of drug-likeness (QED) is 0.363.